The summed E-state index contributed by atoms with van der Waals surface area (Å²) in [7, 11) is -1.18. The van der Waals surface area contributed by atoms with E-state index in [-0.39, 0.29) is 17.2 Å². The van der Waals surface area contributed by atoms with Gasteiger partial charge in [-0.1, -0.05) is 11.6 Å². The van der Waals surface area contributed by atoms with Crippen molar-refractivity contribution in [3.8, 4) is 0 Å². The fraction of sp³-hybridized carbons (Fsp3) is 0.364. The van der Waals surface area contributed by atoms with Crippen LogP contribution in [0.2, 0.25) is 5.02 Å². The number of carbonyl (C=O) groups is 1. The van der Waals surface area contributed by atoms with Crippen molar-refractivity contribution < 1.29 is 32.4 Å². The van der Waals surface area contributed by atoms with Crippen LogP contribution in [0.3, 0.4) is 0 Å². The second kappa shape index (κ2) is 5.63. The summed E-state index contributed by atoms with van der Waals surface area (Å²) in [5.74, 6) is -0.971. The first-order chi connectivity index (χ1) is 9.28. The number of hydrogen-bond acceptors (Lipinski definition) is 4. The number of hydrogen-bond donors (Lipinski definition) is 1. The molecule has 0 aliphatic carbocycles. The van der Waals surface area contributed by atoms with E-state index in [1.54, 1.807) is 0 Å². The molecule has 1 heterocycles. The molecule has 108 valence electrons. The SMILES string of the molecule is O=C(OCCC(F)(F)F)c1cc2c(cc1Cl)COB2O. The normalized spacial score (nSPS) is 14.3. The first kappa shape index (κ1) is 15.1. The Morgan fingerprint density at radius 1 is 1.50 bits per heavy atom. The summed E-state index contributed by atoms with van der Waals surface area (Å²) in [5.41, 5.74) is 0.878. The van der Waals surface area contributed by atoms with Crippen LogP contribution in [0.5, 0.6) is 0 Å². The number of fused-ring (bicyclic) bond motifs is 1. The van der Waals surface area contributed by atoms with Crippen LogP contribution >= 0.6 is 11.6 Å². The Morgan fingerprint density at radius 2 is 2.20 bits per heavy atom. The minimum atomic E-state index is -4.40. The zero-order valence-electron chi connectivity index (χ0n) is 10.0. The van der Waals surface area contributed by atoms with Crippen molar-refractivity contribution in [1.29, 1.82) is 0 Å². The van der Waals surface area contributed by atoms with E-state index in [1.807, 2.05) is 0 Å². The zero-order valence-corrected chi connectivity index (χ0v) is 10.8. The van der Waals surface area contributed by atoms with E-state index in [2.05, 4.69) is 4.74 Å². The maximum Gasteiger partial charge on any atom is 0.491 e. The summed E-state index contributed by atoms with van der Waals surface area (Å²) >= 11 is 5.86. The van der Waals surface area contributed by atoms with Gasteiger partial charge < -0.3 is 14.4 Å². The number of benzene rings is 1. The number of rotatable bonds is 3. The largest absolute Gasteiger partial charge is 0.491 e. The molecule has 1 aromatic rings. The van der Waals surface area contributed by atoms with Crippen LogP contribution in [0.15, 0.2) is 12.1 Å². The molecule has 1 N–H and O–H groups in total. The second-order valence-corrected chi connectivity index (χ2v) is 4.60. The monoisotopic (exact) mass is 308 g/mol. The molecular weight excluding hydrogens is 299 g/mol. The van der Waals surface area contributed by atoms with Gasteiger partial charge in [0.2, 0.25) is 0 Å². The highest BCUT2D eigenvalue weighted by Gasteiger charge is 2.31. The van der Waals surface area contributed by atoms with Crippen LogP contribution in [-0.2, 0) is 16.0 Å². The van der Waals surface area contributed by atoms with Crippen molar-refractivity contribution in [3.05, 3.63) is 28.3 Å². The average molecular weight is 308 g/mol. The van der Waals surface area contributed by atoms with Crippen molar-refractivity contribution in [1.82, 2.24) is 0 Å². The lowest BCUT2D eigenvalue weighted by molar-refractivity contribution is -0.141. The highest BCUT2D eigenvalue weighted by atomic mass is 35.5. The number of esters is 1. The van der Waals surface area contributed by atoms with Crippen LogP contribution in [0, 0.1) is 0 Å². The Labute approximate surface area is 117 Å². The summed E-state index contributed by atoms with van der Waals surface area (Å²) in [6, 6.07) is 2.69. The fourth-order valence-corrected chi connectivity index (χ4v) is 2.00. The van der Waals surface area contributed by atoms with E-state index < -0.39 is 32.3 Å². The molecule has 1 aromatic carbocycles. The molecule has 20 heavy (non-hydrogen) atoms. The van der Waals surface area contributed by atoms with Gasteiger partial charge in [-0.2, -0.15) is 13.2 Å². The van der Waals surface area contributed by atoms with Gasteiger partial charge in [-0.15, -0.1) is 0 Å². The van der Waals surface area contributed by atoms with Gasteiger partial charge in [-0.05, 0) is 23.2 Å². The lowest BCUT2D eigenvalue weighted by Gasteiger charge is -2.09. The lowest BCUT2D eigenvalue weighted by Crippen LogP contribution is -2.29. The van der Waals surface area contributed by atoms with E-state index in [0.29, 0.717) is 11.0 Å². The molecule has 0 fully saturated rings. The standard InChI is InChI=1S/C11H9BClF3O4/c13-9-3-6-5-20-12(18)8(6)4-7(9)10(17)19-2-1-11(14,15)16/h3-4,18H,1-2,5H2. The van der Waals surface area contributed by atoms with Crippen LogP contribution in [-0.4, -0.2) is 30.9 Å². The number of halogens is 4. The topological polar surface area (TPSA) is 55.8 Å². The third-order valence-electron chi connectivity index (χ3n) is 2.73. The molecule has 0 unspecified atom stereocenters. The van der Waals surface area contributed by atoms with E-state index in [1.165, 1.54) is 12.1 Å². The van der Waals surface area contributed by atoms with Crippen molar-refractivity contribution in [3.63, 3.8) is 0 Å². The number of alkyl halides is 3. The average Bonchev–Trinajstić information content (AvgIpc) is 2.67. The molecule has 0 atom stereocenters. The van der Waals surface area contributed by atoms with Crippen molar-refractivity contribution >= 4 is 30.2 Å². The third kappa shape index (κ3) is 3.44. The molecule has 1 aliphatic rings. The molecule has 0 amide bonds. The van der Waals surface area contributed by atoms with Gasteiger partial charge in [0.25, 0.3) is 0 Å². The Hall–Kier alpha value is -1.25. The van der Waals surface area contributed by atoms with E-state index in [9.17, 15) is 23.0 Å². The summed E-state index contributed by atoms with van der Waals surface area (Å²) in [6.45, 7) is -0.631. The highest BCUT2D eigenvalue weighted by Crippen LogP contribution is 2.23. The third-order valence-corrected chi connectivity index (χ3v) is 3.04. The molecule has 0 bridgehead atoms. The van der Waals surface area contributed by atoms with Crippen LogP contribution in [0.4, 0.5) is 13.2 Å². The Kier molecular flexibility index (Phi) is 4.26. The minimum Gasteiger partial charge on any atom is -0.462 e. The summed E-state index contributed by atoms with van der Waals surface area (Å²) in [4.78, 5) is 11.7. The first-order valence-corrected chi connectivity index (χ1v) is 6.01. The minimum absolute atomic E-state index is 0.0402. The quantitative estimate of drug-likeness (QED) is 0.682. The Bertz CT molecular complexity index is 535. The van der Waals surface area contributed by atoms with Gasteiger partial charge >= 0.3 is 19.3 Å². The number of ether oxygens (including phenoxy) is 1. The fourth-order valence-electron chi connectivity index (χ4n) is 1.74. The summed E-state index contributed by atoms with van der Waals surface area (Å²) in [5, 5.41) is 9.54. The molecule has 0 aromatic heterocycles. The molecule has 0 radical (unpaired) electrons. The van der Waals surface area contributed by atoms with Crippen LogP contribution in [0.1, 0.15) is 22.3 Å². The Morgan fingerprint density at radius 3 is 2.85 bits per heavy atom. The van der Waals surface area contributed by atoms with Crippen molar-refractivity contribution in [2.24, 2.45) is 0 Å². The van der Waals surface area contributed by atoms with Gasteiger partial charge in [0.15, 0.2) is 0 Å². The van der Waals surface area contributed by atoms with E-state index in [4.69, 9.17) is 16.3 Å². The van der Waals surface area contributed by atoms with Gasteiger partial charge in [-0.25, -0.2) is 4.79 Å². The van der Waals surface area contributed by atoms with E-state index in [0.717, 1.165) is 0 Å². The number of carbonyl (C=O) groups excluding carboxylic acids is 1. The van der Waals surface area contributed by atoms with E-state index >= 15 is 0 Å². The maximum absolute atomic E-state index is 12.0. The van der Waals surface area contributed by atoms with Crippen molar-refractivity contribution in [2.75, 3.05) is 6.61 Å². The maximum atomic E-state index is 12.0. The molecule has 0 spiro atoms. The van der Waals surface area contributed by atoms with Gasteiger partial charge in [0.05, 0.1) is 23.6 Å². The molecule has 0 saturated carbocycles. The smallest absolute Gasteiger partial charge is 0.462 e. The second-order valence-electron chi connectivity index (χ2n) is 4.20. The first-order valence-electron chi connectivity index (χ1n) is 5.64. The molecule has 1 aliphatic heterocycles. The van der Waals surface area contributed by atoms with Gasteiger partial charge in [0.1, 0.15) is 6.61 Å². The Balaban J connectivity index is 2.09. The summed E-state index contributed by atoms with van der Waals surface area (Å²) < 4.78 is 45.3. The predicted molar refractivity (Wildman–Crippen MR) is 64.8 cm³/mol. The predicted octanol–water partition coefficient (Wildman–Crippen LogP) is 1.67. The van der Waals surface area contributed by atoms with Gasteiger partial charge in [-0.3, -0.25) is 0 Å². The highest BCUT2D eigenvalue weighted by molar-refractivity contribution is 6.61. The van der Waals surface area contributed by atoms with Crippen LogP contribution in [0.25, 0.3) is 0 Å². The lowest BCUT2D eigenvalue weighted by atomic mass is 9.79. The molecule has 4 nitrogen and oxygen atoms in total. The van der Waals surface area contributed by atoms with Gasteiger partial charge in [0, 0.05) is 0 Å². The molecule has 9 heteroatoms. The zero-order chi connectivity index (χ0) is 14.9. The molecule has 0 saturated heterocycles. The van der Waals surface area contributed by atoms with Crippen LogP contribution < -0.4 is 5.46 Å². The molecule has 2 rings (SSSR count). The van der Waals surface area contributed by atoms with Crippen molar-refractivity contribution in [2.45, 2.75) is 19.2 Å². The summed E-state index contributed by atoms with van der Waals surface area (Å²) in [6.07, 6.45) is -5.63. The molecular formula is C11H9BClF3O4.